The molecule has 0 aromatic heterocycles. The van der Waals surface area contributed by atoms with Crippen molar-refractivity contribution in [1.29, 1.82) is 0 Å². The molecule has 2 rings (SSSR count). The average Bonchev–Trinajstić information content (AvgIpc) is 2.37. The van der Waals surface area contributed by atoms with E-state index in [0.717, 1.165) is 18.7 Å². The van der Waals surface area contributed by atoms with Crippen molar-refractivity contribution in [1.82, 2.24) is 0 Å². The van der Waals surface area contributed by atoms with E-state index >= 15 is 0 Å². The molecule has 0 N–H and O–H groups in total. The number of carbonyl (C=O) groups is 1. The Labute approximate surface area is 106 Å². The Bertz CT molecular complexity index is 447. The van der Waals surface area contributed by atoms with Gasteiger partial charge in [-0.05, 0) is 18.6 Å². The van der Waals surface area contributed by atoms with Crippen molar-refractivity contribution in [3.05, 3.63) is 18.2 Å². The van der Waals surface area contributed by atoms with Gasteiger partial charge in [0.05, 0.1) is 21.3 Å². The molecule has 0 aliphatic carbocycles. The summed E-state index contributed by atoms with van der Waals surface area (Å²) in [4.78, 5) is 13.5. The summed E-state index contributed by atoms with van der Waals surface area (Å²) in [6.07, 6.45) is 0.820. The van der Waals surface area contributed by atoms with Crippen molar-refractivity contribution in [3.63, 3.8) is 0 Å². The fraction of sp³-hybridized carbons (Fsp3) is 0.462. The van der Waals surface area contributed by atoms with E-state index in [2.05, 4.69) is 0 Å². The maximum Gasteiger partial charge on any atom is 0.328 e. The second kappa shape index (κ2) is 5.16. The second-order valence-electron chi connectivity index (χ2n) is 4.06. The molecule has 18 heavy (non-hydrogen) atoms. The minimum atomic E-state index is -0.198. The first-order valence-electron chi connectivity index (χ1n) is 5.77. The Hall–Kier alpha value is -1.91. The van der Waals surface area contributed by atoms with Crippen molar-refractivity contribution in [2.75, 3.05) is 32.8 Å². The molecule has 1 fully saturated rings. The maximum absolute atomic E-state index is 11.5. The smallest absolute Gasteiger partial charge is 0.328 e. The lowest BCUT2D eigenvalue weighted by atomic mass is 10.0. The summed E-state index contributed by atoms with van der Waals surface area (Å²) >= 11 is 0. The summed E-state index contributed by atoms with van der Waals surface area (Å²) in [5.74, 6) is 1.14. The predicted molar refractivity (Wildman–Crippen MR) is 67.3 cm³/mol. The molecule has 0 spiro atoms. The van der Waals surface area contributed by atoms with Crippen LogP contribution in [0.1, 0.15) is 6.42 Å². The highest BCUT2D eigenvalue weighted by molar-refractivity contribution is 5.82. The standard InChI is InChI=1S/C13H17NO4/c1-16-11-5-4-9(8-12(11)17-2)14-7-6-10(14)13(15)18-3/h4-5,8,10H,6-7H2,1-3H3. The van der Waals surface area contributed by atoms with Crippen LogP contribution in [-0.4, -0.2) is 39.9 Å². The number of hydrogen-bond acceptors (Lipinski definition) is 5. The van der Waals surface area contributed by atoms with Gasteiger partial charge in [0.15, 0.2) is 11.5 Å². The fourth-order valence-corrected chi connectivity index (χ4v) is 2.08. The zero-order valence-corrected chi connectivity index (χ0v) is 10.8. The second-order valence-corrected chi connectivity index (χ2v) is 4.06. The van der Waals surface area contributed by atoms with Crippen LogP contribution < -0.4 is 14.4 Å². The van der Waals surface area contributed by atoms with Crippen LogP contribution in [-0.2, 0) is 9.53 Å². The number of esters is 1. The van der Waals surface area contributed by atoms with E-state index in [1.807, 2.05) is 23.1 Å². The Kier molecular flexibility index (Phi) is 3.60. The van der Waals surface area contributed by atoms with Gasteiger partial charge >= 0.3 is 5.97 Å². The van der Waals surface area contributed by atoms with Gasteiger partial charge < -0.3 is 19.1 Å². The quantitative estimate of drug-likeness (QED) is 0.758. The predicted octanol–water partition coefficient (Wildman–Crippen LogP) is 1.46. The Morgan fingerprint density at radius 1 is 1.22 bits per heavy atom. The molecule has 0 bridgehead atoms. The van der Waals surface area contributed by atoms with Crippen LogP contribution in [0.15, 0.2) is 18.2 Å². The molecule has 1 atom stereocenters. The van der Waals surface area contributed by atoms with Crippen molar-refractivity contribution in [3.8, 4) is 11.5 Å². The van der Waals surface area contributed by atoms with Gasteiger partial charge in [0.1, 0.15) is 6.04 Å². The summed E-state index contributed by atoms with van der Waals surface area (Å²) in [5.41, 5.74) is 0.939. The molecule has 0 amide bonds. The molecule has 1 aliphatic rings. The Balaban J connectivity index is 2.21. The molecule has 1 aromatic rings. The zero-order valence-electron chi connectivity index (χ0n) is 10.8. The van der Waals surface area contributed by atoms with Crippen LogP contribution in [0.4, 0.5) is 5.69 Å². The van der Waals surface area contributed by atoms with E-state index in [0.29, 0.717) is 11.5 Å². The van der Waals surface area contributed by atoms with Gasteiger partial charge in [-0.3, -0.25) is 0 Å². The molecular weight excluding hydrogens is 234 g/mol. The normalized spacial score (nSPS) is 17.9. The number of methoxy groups -OCH3 is 3. The molecule has 1 aliphatic heterocycles. The zero-order chi connectivity index (χ0) is 13.1. The highest BCUT2D eigenvalue weighted by atomic mass is 16.5. The number of anilines is 1. The topological polar surface area (TPSA) is 48.0 Å². The number of ether oxygens (including phenoxy) is 3. The van der Waals surface area contributed by atoms with E-state index < -0.39 is 0 Å². The van der Waals surface area contributed by atoms with E-state index in [9.17, 15) is 4.79 Å². The Morgan fingerprint density at radius 2 is 1.94 bits per heavy atom. The number of benzene rings is 1. The Morgan fingerprint density at radius 3 is 2.44 bits per heavy atom. The van der Waals surface area contributed by atoms with Gasteiger partial charge in [-0.25, -0.2) is 4.79 Å². The third kappa shape index (κ3) is 2.08. The largest absolute Gasteiger partial charge is 0.493 e. The molecule has 1 heterocycles. The van der Waals surface area contributed by atoms with Gasteiger partial charge in [0, 0.05) is 18.3 Å². The third-order valence-corrected chi connectivity index (χ3v) is 3.19. The lowest BCUT2D eigenvalue weighted by Crippen LogP contribution is -2.53. The summed E-state index contributed by atoms with van der Waals surface area (Å²) in [6.45, 7) is 0.843. The maximum atomic E-state index is 11.5. The molecule has 1 saturated heterocycles. The number of nitrogens with zero attached hydrogens (tertiary/aromatic N) is 1. The highest BCUT2D eigenvalue weighted by Gasteiger charge is 2.35. The molecule has 1 aromatic carbocycles. The van der Waals surface area contributed by atoms with Gasteiger partial charge in [-0.15, -0.1) is 0 Å². The first-order valence-corrected chi connectivity index (χ1v) is 5.77. The minimum absolute atomic E-state index is 0.187. The van der Waals surface area contributed by atoms with Gasteiger partial charge in [-0.2, -0.15) is 0 Å². The molecule has 1 unspecified atom stereocenters. The van der Waals surface area contributed by atoms with Crippen LogP contribution in [0.2, 0.25) is 0 Å². The van der Waals surface area contributed by atoms with Gasteiger partial charge in [-0.1, -0.05) is 0 Å². The van der Waals surface area contributed by atoms with E-state index in [1.54, 1.807) is 14.2 Å². The minimum Gasteiger partial charge on any atom is -0.493 e. The third-order valence-electron chi connectivity index (χ3n) is 3.19. The van der Waals surface area contributed by atoms with Crippen LogP contribution in [0, 0.1) is 0 Å². The molecule has 0 saturated carbocycles. The van der Waals surface area contributed by atoms with Gasteiger partial charge in [0.25, 0.3) is 0 Å². The van der Waals surface area contributed by atoms with E-state index in [1.165, 1.54) is 7.11 Å². The number of rotatable bonds is 4. The van der Waals surface area contributed by atoms with E-state index in [-0.39, 0.29) is 12.0 Å². The van der Waals surface area contributed by atoms with E-state index in [4.69, 9.17) is 14.2 Å². The lowest BCUT2D eigenvalue weighted by Gasteiger charge is -2.40. The molecular formula is C13H17NO4. The van der Waals surface area contributed by atoms with Crippen molar-refractivity contribution in [2.24, 2.45) is 0 Å². The first-order chi connectivity index (χ1) is 8.71. The molecule has 5 heteroatoms. The summed E-state index contributed by atoms with van der Waals surface area (Å²) in [7, 11) is 4.60. The highest BCUT2D eigenvalue weighted by Crippen LogP contribution is 2.35. The van der Waals surface area contributed by atoms with Crippen molar-refractivity contribution < 1.29 is 19.0 Å². The molecule has 98 valence electrons. The monoisotopic (exact) mass is 251 g/mol. The van der Waals surface area contributed by atoms with Crippen LogP contribution >= 0.6 is 0 Å². The number of carbonyl (C=O) groups excluding carboxylic acids is 1. The molecule has 0 radical (unpaired) electrons. The van der Waals surface area contributed by atoms with Gasteiger partial charge in [0.2, 0.25) is 0 Å². The van der Waals surface area contributed by atoms with Crippen LogP contribution in [0.5, 0.6) is 11.5 Å². The average molecular weight is 251 g/mol. The lowest BCUT2D eigenvalue weighted by molar-refractivity contribution is -0.143. The van der Waals surface area contributed by atoms with Crippen molar-refractivity contribution >= 4 is 11.7 Å². The summed E-state index contributed by atoms with van der Waals surface area (Å²) in [5, 5.41) is 0. The first kappa shape index (κ1) is 12.5. The summed E-state index contributed by atoms with van der Waals surface area (Å²) in [6, 6.07) is 5.43. The van der Waals surface area contributed by atoms with Crippen LogP contribution in [0.25, 0.3) is 0 Å². The SMILES string of the molecule is COC(=O)C1CCN1c1ccc(OC)c(OC)c1. The van der Waals surface area contributed by atoms with Crippen molar-refractivity contribution in [2.45, 2.75) is 12.5 Å². The fourth-order valence-electron chi connectivity index (χ4n) is 2.08. The summed E-state index contributed by atoms with van der Waals surface area (Å²) < 4.78 is 15.2. The molecule has 5 nitrogen and oxygen atoms in total. The number of hydrogen-bond donors (Lipinski definition) is 0. The van der Waals surface area contributed by atoms with Crippen LogP contribution in [0.3, 0.4) is 0 Å².